The average Bonchev–Trinajstić information content (AvgIpc) is 1.46. The molecule has 0 radical (unpaired) electrons. The van der Waals surface area contributed by atoms with Crippen LogP contribution in [0.5, 0.6) is 0 Å². The maximum atomic E-state index is 16.1. The van der Waals surface area contributed by atoms with Gasteiger partial charge in [0.05, 0.1) is 19.3 Å². The van der Waals surface area contributed by atoms with E-state index in [-0.39, 0.29) is 68.8 Å². The monoisotopic (exact) mass is 1310 g/mol. The predicted octanol–water partition coefficient (Wildman–Crippen LogP) is 3.71. The summed E-state index contributed by atoms with van der Waals surface area (Å²) in [6, 6.07) is -11.5. The molecule has 2 saturated heterocycles. The van der Waals surface area contributed by atoms with Crippen LogP contribution < -0.4 is 21.3 Å². The number of allylic oxidation sites excluding steroid dienone is 2. The van der Waals surface area contributed by atoms with Crippen molar-refractivity contribution in [3.63, 3.8) is 0 Å². The van der Waals surface area contributed by atoms with Crippen LogP contribution in [0.3, 0.4) is 0 Å². The Morgan fingerprint density at radius 1 is 0.548 bits per heavy atom. The van der Waals surface area contributed by atoms with Crippen molar-refractivity contribution in [1.29, 1.82) is 0 Å². The second-order valence-electron chi connectivity index (χ2n) is 28.6. The number of hydrogen-bond acceptors (Lipinski definition) is 14. The fourth-order valence-electron chi connectivity index (χ4n) is 12.3. The Hall–Kier alpha value is -6.21. The van der Waals surface area contributed by atoms with E-state index in [1.165, 1.54) is 87.7 Å². The largest absolute Gasteiger partial charge is 0.390 e. The number of likely N-dealkylation sites (N-methyl/N-ethyl adjacent to an activating group) is 7. The number of carbonyl (C=O) groups excluding carboxylic acids is 11. The molecule has 5 N–H and O–H groups in total. The topological polar surface area (TPSA) is 291 Å². The summed E-state index contributed by atoms with van der Waals surface area (Å²) in [5.74, 6) is -10.5. The van der Waals surface area contributed by atoms with Gasteiger partial charge in [-0.1, -0.05) is 109 Å². The highest BCUT2D eigenvalue weighted by atomic mass is 16.5. The summed E-state index contributed by atoms with van der Waals surface area (Å²) in [5.41, 5.74) is -2.21. The fourth-order valence-corrected chi connectivity index (χ4v) is 12.3. The second kappa shape index (κ2) is 37.8. The number of likely N-dealkylation sites (tertiary alicyclic amines) is 1. The number of aliphatic hydroxyl groups excluding tert-OH is 1. The number of hydrogen-bond donors (Lipinski definition) is 5. The molecule has 0 spiro atoms. The molecule has 11 amide bonds. The fraction of sp³-hybridized carbons (Fsp3) is 0.809. The van der Waals surface area contributed by atoms with Crippen molar-refractivity contribution in [1.82, 2.24) is 60.5 Å². The van der Waals surface area contributed by atoms with Gasteiger partial charge in [0, 0.05) is 61.8 Å². The summed E-state index contributed by atoms with van der Waals surface area (Å²) in [4.78, 5) is 174. The van der Waals surface area contributed by atoms with E-state index in [9.17, 15) is 38.7 Å². The minimum Gasteiger partial charge on any atom is -0.390 e. The number of aliphatic hydroxyl groups is 1. The number of nitrogens with one attached hydrogen (secondary N) is 4. The lowest BCUT2D eigenvalue weighted by Gasteiger charge is -2.48. The van der Waals surface area contributed by atoms with Crippen LogP contribution in [-0.2, 0) is 57.5 Å². The van der Waals surface area contributed by atoms with Crippen molar-refractivity contribution in [2.75, 3.05) is 82.1 Å². The van der Waals surface area contributed by atoms with Crippen LogP contribution in [0.2, 0.25) is 0 Å². The molecule has 2 aliphatic heterocycles. The van der Waals surface area contributed by atoms with Crippen molar-refractivity contribution < 1.29 is 62.6 Å². The zero-order valence-corrected chi connectivity index (χ0v) is 61.1. The Morgan fingerprint density at radius 3 is 1.49 bits per heavy atom. The van der Waals surface area contributed by atoms with E-state index in [1.54, 1.807) is 54.5 Å². The molecule has 12 atom stereocenters. The third kappa shape index (κ3) is 22.5. The first-order valence-electron chi connectivity index (χ1n) is 33.9. The molecule has 0 aliphatic carbocycles. The number of nitrogens with zero attached hydrogens (tertiary/aromatic N) is 8. The first-order chi connectivity index (χ1) is 43.2. The van der Waals surface area contributed by atoms with Crippen LogP contribution in [0, 0.1) is 41.4 Å². The molecule has 2 rings (SSSR count). The molecule has 0 unspecified atom stereocenters. The van der Waals surface area contributed by atoms with Gasteiger partial charge in [0.25, 0.3) is 5.91 Å². The molecule has 2 aliphatic rings. The second-order valence-corrected chi connectivity index (χ2v) is 28.6. The Labute approximate surface area is 556 Å². The molecule has 0 bridgehead atoms. The van der Waals surface area contributed by atoms with Crippen molar-refractivity contribution in [2.45, 2.75) is 235 Å². The Kier molecular flexibility index (Phi) is 33.7. The third-order valence-electron chi connectivity index (χ3n) is 18.2. The summed E-state index contributed by atoms with van der Waals surface area (Å²) in [6.07, 6.45) is 4.73. The van der Waals surface area contributed by atoms with Crippen LogP contribution in [-0.4, -0.2) is 258 Å². The minimum atomic E-state index is -2.21. The molecular weight excluding hydrogens is 1190 g/mol. The first-order valence-corrected chi connectivity index (χ1v) is 33.9. The van der Waals surface area contributed by atoms with E-state index < -0.39 is 155 Å². The van der Waals surface area contributed by atoms with Gasteiger partial charge in [-0.15, -0.1) is 0 Å². The lowest BCUT2D eigenvalue weighted by molar-refractivity contribution is -0.209. The highest BCUT2D eigenvalue weighted by molar-refractivity contribution is 6.00. The van der Waals surface area contributed by atoms with Gasteiger partial charge in [-0.2, -0.15) is 0 Å². The lowest BCUT2D eigenvalue weighted by atomic mass is 9.89. The van der Waals surface area contributed by atoms with E-state index in [4.69, 9.17) is 4.74 Å². The molecule has 0 aromatic rings. The number of ether oxygens (including phenoxy) is 1. The Balaban J connectivity index is 3.12. The highest BCUT2D eigenvalue weighted by Crippen LogP contribution is 2.33. The SMILES string of the molecule is C/C=C/C[C@@H](C)[C@@H](O)[C@H]1C(=O)N[C@@H](CC)C(=O)N(C)CC(=O)N(C)[C@@H](CC(C)C)C(=O)N[C@@H](C(C)C)C(=O)N(C)[C@@H](CC(C)C)C(=O)N[C@@H](C)C(=O)N[C@H](C)C(=O)N(C)[C@@H](CC(C)C)C(=O)N(C)[C@@H](CC(C)C)C(=O)N(C)[C@](OCCN2CCCC2)(C(C)C)C(=O)N1C. The molecule has 0 aromatic carbocycles. The van der Waals surface area contributed by atoms with Crippen LogP contribution in [0.25, 0.3) is 0 Å². The van der Waals surface area contributed by atoms with Crippen molar-refractivity contribution in [2.24, 2.45) is 41.4 Å². The van der Waals surface area contributed by atoms with Gasteiger partial charge in [-0.3, -0.25) is 52.7 Å². The molecule has 25 nitrogen and oxygen atoms in total. The zero-order valence-electron chi connectivity index (χ0n) is 61.1. The molecule has 2 fully saturated rings. The maximum absolute atomic E-state index is 16.1. The van der Waals surface area contributed by atoms with Crippen molar-refractivity contribution in [3.8, 4) is 0 Å². The lowest BCUT2D eigenvalue weighted by Crippen LogP contribution is -2.70. The molecular formula is C68H122N12O13. The predicted molar refractivity (Wildman–Crippen MR) is 359 cm³/mol. The Bertz CT molecular complexity index is 2560. The molecule has 0 saturated carbocycles. The smallest absolute Gasteiger partial charge is 0.276 e. The van der Waals surface area contributed by atoms with Gasteiger partial charge in [0.15, 0.2) is 0 Å². The molecule has 0 aromatic heterocycles. The van der Waals surface area contributed by atoms with Crippen molar-refractivity contribution >= 4 is 65.0 Å². The summed E-state index contributed by atoms with van der Waals surface area (Å²) >= 11 is 0. The van der Waals surface area contributed by atoms with Gasteiger partial charge in [0.2, 0.25) is 64.8 Å². The standard InChI is InChI=1S/C68H122N12O13/c1-25-27-30-46(15)57(82)56-61(86)71-49(26-2)63(88)73(18)39-54(81)74(19)50(35-40(3)4)60(85)72-55(44(11)12)66(91)75(20)51(36-41(5)6)59(84)69-47(16)58(83)70-48(17)62(87)76(21)52(37-42(7)8)64(89)77(22)53(38-43(9)10)65(90)79(24)68(45(13)14,67(92)78(56)23)93-34-33-80-31-28-29-32-80/h25,27,40-53,55-57,82H,26,28-39H2,1-24H3,(H,69,84)(H,70,83)(H,71,86)(H,72,85)/b27-25+/t46-,47+,48-,49+,50+,51+,52+,53+,55+,56+,57-,68+/m1/s1. The van der Waals surface area contributed by atoms with Gasteiger partial charge in [-0.05, 0) is 121 Å². The molecule has 532 valence electrons. The quantitative estimate of drug-likeness (QED) is 0.115. The van der Waals surface area contributed by atoms with E-state index >= 15 is 19.2 Å². The molecule has 2 heterocycles. The summed E-state index contributed by atoms with van der Waals surface area (Å²) < 4.78 is 6.86. The Morgan fingerprint density at radius 2 is 1.01 bits per heavy atom. The maximum Gasteiger partial charge on any atom is 0.276 e. The van der Waals surface area contributed by atoms with E-state index in [0.29, 0.717) is 6.54 Å². The normalized spacial score (nSPS) is 27.5. The van der Waals surface area contributed by atoms with Crippen LogP contribution >= 0.6 is 0 Å². The summed E-state index contributed by atoms with van der Waals surface area (Å²) in [6.45, 7) is 31.2. The highest BCUT2D eigenvalue weighted by Gasteiger charge is 2.55. The average molecular weight is 1320 g/mol. The van der Waals surface area contributed by atoms with Gasteiger partial charge in [-0.25, -0.2) is 0 Å². The summed E-state index contributed by atoms with van der Waals surface area (Å²) in [5, 5.41) is 23.5. The van der Waals surface area contributed by atoms with Gasteiger partial charge < -0.3 is 70.3 Å². The van der Waals surface area contributed by atoms with Gasteiger partial charge >= 0.3 is 0 Å². The number of rotatable bonds is 19. The summed E-state index contributed by atoms with van der Waals surface area (Å²) in [7, 11) is 9.90. The number of amides is 11. The molecule has 25 heteroatoms. The first kappa shape index (κ1) is 82.9. The third-order valence-corrected chi connectivity index (χ3v) is 18.2. The van der Waals surface area contributed by atoms with Gasteiger partial charge in [0.1, 0.15) is 54.4 Å². The van der Waals surface area contributed by atoms with E-state index in [1.807, 2.05) is 61.5 Å². The number of carbonyl (C=O) groups is 11. The van der Waals surface area contributed by atoms with Crippen LogP contribution in [0.15, 0.2) is 12.2 Å². The van der Waals surface area contributed by atoms with E-state index in [0.717, 1.165) is 35.7 Å². The minimum absolute atomic E-state index is 0.00399. The van der Waals surface area contributed by atoms with Crippen molar-refractivity contribution in [3.05, 3.63) is 12.2 Å². The molecule has 93 heavy (non-hydrogen) atoms. The van der Waals surface area contributed by atoms with E-state index in [2.05, 4.69) is 26.2 Å². The zero-order chi connectivity index (χ0) is 71.4. The van der Waals surface area contributed by atoms with Crippen LogP contribution in [0.4, 0.5) is 0 Å². The van der Waals surface area contributed by atoms with Crippen LogP contribution in [0.1, 0.15) is 169 Å².